The molecule has 1 rings (SSSR count). The third-order valence-electron chi connectivity index (χ3n) is 2.89. The highest BCUT2D eigenvalue weighted by atomic mass is 16.5. The van der Waals surface area contributed by atoms with E-state index < -0.39 is 0 Å². The van der Waals surface area contributed by atoms with Gasteiger partial charge < -0.3 is 14.8 Å². The fourth-order valence-corrected chi connectivity index (χ4v) is 1.91. The molecule has 0 aromatic heterocycles. The Morgan fingerprint density at radius 2 is 2.25 bits per heavy atom. The Bertz CT molecular complexity index is 156. The van der Waals surface area contributed by atoms with Crippen LogP contribution in [0.15, 0.2) is 0 Å². The zero-order valence-electron chi connectivity index (χ0n) is 10.8. The van der Waals surface area contributed by atoms with Gasteiger partial charge in [0.1, 0.15) is 0 Å². The summed E-state index contributed by atoms with van der Waals surface area (Å²) in [6.07, 6.45) is 5.33. The maximum absolute atomic E-state index is 5.55. The lowest BCUT2D eigenvalue weighted by Gasteiger charge is -2.11. The Morgan fingerprint density at radius 3 is 2.94 bits per heavy atom. The average molecular weight is 229 g/mol. The minimum Gasteiger partial charge on any atom is -0.380 e. The maximum Gasteiger partial charge on any atom is 0.0700 e. The fourth-order valence-electron chi connectivity index (χ4n) is 1.91. The topological polar surface area (TPSA) is 30.5 Å². The molecule has 0 saturated carbocycles. The highest BCUT2D eigenvalue weighted by Crippen LogP contribution is 2.10. The van der Waals surface area contributed by atoms with Crippen LogP contribution in [0.5, 0.6) is 0 Å². The Hall–Kier alpha value is -0.120. The molecule has 0 bridgehead atoms. The first-order valence-corrected chi connectivity index (χ1v) is 6.69. The maximum atomic E-state index is 5.55. The largest absolute Gasteiger partial charge is 0.380 e. The molecule has 1 aliphatic heterocycles. The molecule has 3 heteroatoms. The van der Waals surface area contributed by atoms with Crippen LogP contribution in [0.4, 0.5) is 0 Å². The van der Waals surface area contributed by atoms with Gasteiger partial charge in [-0.25, -0.2) is 0 Å². The molecule has 0 aromatic carbocycles. The lowest BCUT2D eigenvalue weighted by molar-refractivity contribution is 0.101. The van der Waals surface area contributed by atoms with Crippen LogP contribution in [0, 0.1) is 5.92 Å². The predicted molar refractivity (Wildman–Crippen MR) is 66.7 cm³/mol. The summed E-state index contributed by atoms with van der Waals surface area (Å²) in [6.45, 7) is 9.10. The summed E-state index contributed by atoms with van der Waals surface area (Å²) < 4.78 is 11.1. The minimum atomic E-state index is 0.445. The van der Waals surface area contributed by atoms with Gasteiger partial charge in [-0.05, 0) is 31.6 Å². The van der Waals surface area contributed by atoms with E-state index in [1.165, 1.54) is 25.7 Å². The van der Waals surface area contributed by atoms with Gasteiger partial charge in [-0.15, -0.1) is 0 Å². The molecule has 1 atom stereocenters. The first-order valence-electron chi connectivity index (χ1n) is 6.69. The van der Waals surface area contributed by atoms with Crippen molar-refractivity contribution >= 4 is 0 Å². The lowest BCUT2D eigenvalue weighted by Crippen LogP contribution is -2.29. The number of nitrogens with one attached hydrogen (secondary N) is 1. The monoisotopic (exact) mass is 229 g/mol. The fraction of sp³-hybridized carbons (Fsp3) is 1.00. The van der Waals surface area contributed by atoms with E-state index in [1.807, 2.05) is 0 Å². The Morgan fingerprint density at radius 1 is 1.38 bits per heavy atom. The molecule has 1 fully saturated rings. The number of hydrogen-bond acceptors (Lipinski definition) is 3. The second-order valence-electron chi connectivity index (χ2n) is 4.99. The molecular weight excluding hydrogens is 202 g/mol. The van der Waals surface area contributed by atoms with Crippen LogP contribution >= 0.6 is 0 Å². The lowest BCUT2D eigenvalue weighted by atomic mass is 10.1. The van der Waals surface area contributed by atoms with Crippen molar-refractivity contribution in [1.29, 1.82) is 0 Å². The van der Waals surface area contributed by atoms with Crippen LogP contribution in [-0.2, 0) is 9.47 Å². The molecule has 1 unspecified atom stereocenters. The van der Waals surface area contributed by atoms with E-state index in [0.29, 0.717) is 6.10 Å². The Kier molecular flexibility index (Phi) is 7.81. The Labute approximate surface area is 99.9 Å². The molecule has 16 heavy (non-hydrogen) atoms. The van der Waals surface area contributed by atoms with Crippen molar-refractivity contribution < 1.29 is 9.47 Å². The second-order valence-corrected chi connectivity index (χ2v) is 4.99. The number of hydrogen-bond donors (Lipinski definition) is 1. The molecule has 1 saturated heterocycles. The van der Waals surface area contributed by atoms with Gasteiger partial charge in [-0.3, -0.25) is 0 Å². The van der Waals surface area contributed by atoms with Gasteiger partial charge in [0.25, 0.3) is 0 Å². The summed E-state index contributed by atoms with van der Waals surface area (Å²) >= 11 is 0. The van der Waals surface area contributed by atoms with Crippen molar-refractivity contribution in [3.8, 4) is 0 Å². The van der Waals surface area contributed by atoms with Crippen molar-refractivity contribution in [2.75, 3.05) is 32.9 Å². The van der Waals surface area contributed by atoms with Crippen LogP contribution in [-0.4, -0.2) is 39.0 Å². The third kappa shape index (κ3) is 7.20. The molecule has 0 radical (unpaired) electrons. The molecular formula is C13H27NO2. The van der Waals surface area contributed by atoms with Crippen molar-refractivity contribution in [1.82, 2.24) is 5.32 Å². The highest BCUT2D eigenvalue weighted by molar-refractivity contribution is 4.66. The van der Waals surface area contributed by atoms with Crippen molar-refractivity contribution in [2.45, 2.75) is 45.6 Å². The molecule has 96 valence electrons. The molecule has 1 heterocycles. The summed E-state index contributed by atoms with van der Waals surface area (Å²) in [5.41, 5.74) is 0. The zero-order valence-corrected chi connectivity index (χ0v) is 10.8. The molecule has 0 spiro atoms. The van der Waals surface area contributed by atoms with E-state index in [1.54, 1.807) is 0 Å². The van der Waals surface area contributed by atoms with Crippen molar-refractivity contribution in [3.63, 3.8) is 0 Å². The second kappa shape index (κ2) is 8.97. The van der Waals surface area contributed by atoms with Gasteiger partial charge in [0.2, 0.25) is 0 Å². The standard InChI is InChI=1S/C13H27NO2/c1-12(2)5-3-8-15-10-7-14-11-13-6-4-9-16-13/h12-14H,3-11H2,1-2H3. The van der Waals surface area contributed by atoms with Gasteiger partial charge in [0, 0.05) is 26.3 Å². The highest BCUT2D eigenvalue weighted by Gasteiger charge is 2.13. The molecule has 0 aromatic rings. The zero-order chi connectivity index (χ0) is 11.6. The number of ether oxygens (including phenoxy) is 2. The third-order valence-corrected chi connectivity index (χ3v) is 2.89. The van der Waals surface area contributed by atoms with Crippen molar-refractivity contribution in [2.24, 2.45) is 5.92 Å². The van der Waals surface area contributed by atoms with Gasteiger partial charge in [0.15, 0.2) is 0 Å². The van der Waals surface area contributed by atoms with E-state index in [4.69, 9.17) is 9.47 Å². The van der Waals surface area contributed by atoms with E-state index >= 15 is 0 Å². The van der Waals surface area contributed by atoms with Crippen LogP contribution < -0.4 is 5.32 Å². The van der Waals surface area contributed by atoms with Gasteiger partial charge in [-0.1, -0.05) is 13.8 Å². The normalized spacial score (nSPS) is 20.8. The Balaban J connectivity index is 1.74. The summed E-state index contributed by atoms with van der Waals surface area (Å²) in [4.78, 5) is 0. The van der Waals surface area contributed by atoms with Gasteiger partial charge >= 0.3 is 0 Å². The van der Waals surface area contributed by atoms with Crippen LogP contribution in [0.1, 0.15) is 39.5 Å². The summed E-state index contributed by atoms with van der Waals surface area (Å²) in [5.74, 6) is 0.793. The molecule has 1 N–H and O–H groups in total. The van der Waals surface area contributed by atoms with E-state index in [9.17, 15) is 0 Å². The minimum absolute atomic E-state index is 0.445. The van der Waals surface area contributed by atoms with Gasteiger partial charge in [-0.2, -0.15) is 0 Å². The first kappa shape index (κ1) is 13.9. The smallest absolute Gasteiger partial charge is 0.0700 e. The molecule has 0 amide bonds. The van der Waals surface area contributed by atoms with E-state index in [2.05, 4.69) is 19.2 Å². The van der Waals surface area contributed by atoms with Crippen LogP contribution in [0.3, 0.4) is 0 Å². The summed E-state index contributed by atoms with van der Waals surface area (Å²) in [6, 6.07) is 0. The number of rotatable bonds is 9. The predicted octanol–water partition coefficient (Wildman–Crippen LogP) is 2.21. The quantitative estimate of drug-likeness (QED) is 0.615. The van der Waals surface area contributed by atoms with Crippen LogP contribution in [0.25, 0.3) is 0 Å². The molecule has 1 aliphatic rings. The van der Waals surface area contributed by atoms with Gasteiger partial charge in [0.05, 0.1) is 12.7 Å². The SMILES string of the molecule is CC(C)CCCOCCNCC1CCCO1. The molecule has 0 aliphatic carbocycles. The summed E-state index contributed by atoms with van der Waals surface area (Å²) in [5, 5.41) is 3.38. The molecule has 3 nitrogen and oxygen atoms in total. The summed E-state index contributed by atoms with van der Waals surface area (Å²) in [7, 11) is 0. The van der Waals surface area contributed by atoms with E-state index in [-0.39, 0.29) is 0 Å². The average Bonchev–Trinajstić information content (AvgIpc) is 2.74. The first-order chi connectivity index (χ1) is 7.79. The van der Waals surface area contributed by atoms with Crippen LogP contribution in [0.2, 0.25) is 0 Å². The van der Waals surface area contributed by atoms with Crippen molar-refractivity contribution in [3.05, 3.63) is 0 Å². The van der Waals surface area contributed by atoms with E-state index in [0.717, 1.165) is 38.8 Å².